The first kappa shape index (κ1) is 14.8. The summed E-state index contributed by atoms with van der Waals surface area (Å²) in [4.78, 5) is 22.1. The van der Waals surface area contributed by atoms with Crippen LogP contribution in [0, 0.1) is 6.92 Å². The van der Waals surface area contributed by atoms with Gasteiger partial charge in [0.15, 0.2) is 0 Å². The van der Waals surface area contributed by atoms with Gasteiger partial charge in [0.2, 0.25) is 5.91 Å². The van der Waals surface area contributed by atoms with Crippen molar-refractivity contribution < 1.29 is 19.4 Å². The molecule has 1 aromatic rings. The number of hydrogen-bond acceptors (Lipinski definition) is 3. The van der Waals surface area contributed by atoms with E-state index in [2.05, 4.69) is 5.32 Å². The van der Waals surface area contributed by atoms with Gasteiger partial charge in [0.25, 0.3) is 0 Å². The number of carboxylic acid groups (broad SMARTS) is 1. The summed E-state index contributed by atoms with van der Waals surface area (Å²) in [7, 11) is 1.55. The van der Waals surface area contributed by atoms with Gasteiger partial charge < -0.3 is 15.2 Å². The van der Waals surface area contributed by atoms with Gasteiger partial charge in [0.1, 0.15) is 11.8 Å². The lowest BCUT2D eigenvalue weighted by Crippen LogP contribution is -2.37. The minimum absolute atomic E-state index is 0.460. The highest BCUT2D eigenvalue weighted by molar-refractivity contribution is 5.94. The first-order valence-electron chi connectivity index (χ1n) is 5.80. The van der Waals surface area contributed by atoms with Gasteiger partial charge in [-0.15, -0.1) is 0 Å². The third-order valence-electron chi connectivity index (χ3n) is 2.53. The van der Waals surface area contributed by atoms with Crippen LogP contribution >= 0.6 is 0 Å². The first-order valence-corrected chi connectivity index (χ1v) is 5.80. The van der Waals surface area contributed by atoms with Crippen LogP contribution in [0.3, 0.4) is 0 Å². The standard InChI is InChI=1S/C14H17NO4/c1-9-4-6-12(19-3)11(8-9)5-7-13(16)15-10(2)14(17)18/h4-8,10H,1-3H3,(H,15,16)(H,17,18)/t10-/m1/s1. The lowest BCUT2D eigenvalue weighted by molar-refractivity contribution is -0.140. The molecule has 0 bridgehead atoms. The topological polar surface area (TPSA) is 75.6 Å². The Hall–Kier alpha value is -2.30. The van der Waals surface area contributed by atoms with E-state index in [0.717, 1.165) is 11.1 Å². The highest BCUT2D eigenvalue weighted by Crippen LogP contribution is 2.20. The molecule has 0 aromatic heterocycles. The Kier molecular flexibility index (Phi) is 5.11. The number of hydrogen-bond donors (Lipinski definition) is 2. The third kappa shape index (κ3) is 4.46. The molecular formula is C14H17NO4. The predicted molar refractivity (Wildman–Crippen MR) is 72.0 cm³/mol. The molecule has 0 aliphatic heterocycles. The normalized spacial score (nSPS) is 12.2. The molecule has 1 rings (SSSR count). The van der Waals surface area contributed by atoms with Gasteiger partial charge in [-0.3, -0.25) is 9.59 Å². The summed E-state index contributed by atoms with van der Waals surface area (Å²) in [6, 6.07) is 4.68. The molecule has 0 aliphatic carbocycles. The number of benzene rings is 1. The molecule has 0 spiro atoms. The van der Waals surface area contributed by atoms with E-state index >= 15 is 0 Å². The van der Waals surface area contributed by atoms with Crippen LogP contribution in [0.5, 0.6) is 5.75 Å². The van der Waals surface area contributed by atoms with Crippen molar-refractivity contribution in [2.75, 3.05) is 7.11 Å². The molecule has 0 fully saturated rings. The van der Waals surface area contributed by atoms with Gasteiger partial charge >= 0.3 is 5.97 Å². The fraction of sp³-hybridized carbons (Fsp3) is 0.286. The third-order valence-corrected chi connectivity index (χ3v) is 2.53. The second-order valence-electron chi connectivity index (χ2n) is 4.15. The molecule has 2 N–H and O–H groups in total. The Labute approximate surface area is 111 Å². The number of aryl methyl sites for hydroxylation is 1. The maximum atomic E-state index is 11.5. The molecule has 5 nitrogen and oxygen atoms in total. The van der Waals surface area contributed by atoms with E-state index in [1.54, 1.807) is 13.2 Å². The van der Waals surface area contributed by atoms with Crippen LogP contribution in [0.1, 0.15) is 18.1 Å². The smallest absolute Gasteiger partial charge is 0.325 e. The molecule has 0 saturated carbocycles. The lowest BCUT2D eigenvalue weighted by Gasteiger charge is -2.07. The maximum Gasteiger partial charge on any atom is 0.325 e. The van der Waals surface area contributed by atoms with Crippen LogP contribution in [0.4, 0.5) is 0 Å². The van der Waals surface area contributed by atoms with Crippen molar-refractivity contribution in [1.29, 1.82) is 0 Å². The zero-order chi connectivity index (χ0) is 14.4. The average Bonchev–Trinajstić information content (AvgIpc) is 2.36. The van der Waals surface area contributed by atoms with Crippen molar-refractivity contribution >= 4 is 18.0 Å². The van der Waals surface area contributed by atoms with Crippen LogP contribution < -0.4 is 10.1 Å². The number of aliphatic carboxylic acids is 1. The van der Waals surface area contributed by atoms with Crippen LogP contribution in [-0.4, -0.2) is 30.1 Å². The summed E-state index contributed by atoms with van der Waals surface area (Å²) < 4.78 is 5.17. The largest absolute Gasteiger partial charge is 0.496 e. The van der Waals surface area contributed by atoms with Crippen LogP contribution in [0.2, 0.25) is 0 Å². The van der Waals surface area contributed by atoms with E-state index in [0.29, 0.717) is 5.75 Å². The summed E-state index contributed by atoms with van der Waals surface area (Å²) in [6.07, 6.45) is 2.88. The summed E-state index contributed by atoms with van der Waals surface area (Å²) in [6.45, 7) is 3.34. The van der Waals surface area contributed by atoms with Gasteiger partial charge in [0.05, 0.1) is 7.11 Å². The monoisotopic (exact) mass is 263 g/mol. The van der Waals surface area contributed by atoms with Crippen molar-refractivity contribution in [2.24, 2.45) is 0 Å². The maximum absolute atomic E-state index is 11.5. The number of methoxy groups -OCH3 is 1. The van der Waals surface area contributed by atoms with E-state index in [1.807, 2.05) is 25.1 Å². The second kappa shape index (κ2) is 6.58. The molecule has 0 heterocycles. The summed E-state index contributed by atoms with van der Waals surface area (Å²) in [5, 5.41) is 11.0. The zero-order valence-electron chi connectivity index (χ0n) is 11.1. The fourth-order valence-electron chi connectivity index (χ4n) is 1.47. The molecule has 0 aliphatic rings. The predicted octanol–water partition coefficient (Wildman–Crippen LogP) is 1.61. The van der Waals surface area contributed by atoms with Crippen molar-refractivity contribution in [3.63, 3.8) is 0 Å². The molecule has 102 valence electrons. The number of carbonyl (C=O) groups excluding carboxylic acids is 1. The van der Waals surface area contributed by atoms with Gasteiger partial charge in [-0.05, 0) is 32.1 Å². The Morgan fingerprint density at radius 2 is 2.11 bits per heavy atom. The molecular weight excluding hydrogens is 246 g/mol. The van der Waals surface area contributed by atoms with Crippen molar-refractivity contribution in [1.82, 2.24) is 5.32 Å². The SMILES string of the molecule is COc1ccc(C)cc1C=CC(=O)N[C@H](C)C(=O)O. The Morgan fingerprint density at radius 3 is 2.68 bits per heavy atom. The molecule has 0 radical (unpaired) electrons. The highest BCUT2D eigenvalue weighted by atomic mass is 16.5. The summed E-state index contributed by atoms with van der Waals surface area (Å²) >= 11 is 0. The minimum atomic E-state index is -1.07. The number of ether oxygens (including phenoxy) is 1. The second-order valence-corrected chi connectivity index (χ2v) is 4.15. The minimum Gasteiger partial charge on any atom is -0.496 e. The highest BCUT2D eigenvalue weighted by Gasteiger charge is 2.11. The molecule has 1 atom stereocenters. The Balaban J connectivity index is 2.78. The van der Waals surface area contributed by atoms with Crippen molar-refractivity contribution in [3.05, 3.63) is 35.4 Å². The summed E-state index contributed by atoms with van der Waals surface area (Å²) in [5.74, 6) is -0.880. The number of amides is 1. The number of nitrogens with one attached hydrogen (secondary N) is 1. The Bertz CT molecular complexity index is 508. The Morgan fingerprint density at radius 1 is 1.42 bits per heavy atom. The van der Waals surface area contributed by atoms with E-state index in [1.165, 1.54) is 13.0 Å². The fourth-order valence-corrected chi connectivity index (χ4v) is 1.47. The molecule has 5 heteroatoms. The van der Waals surface area contributed by atoms with Crippen LogP contribution in [-0.2, 0) is 9.59 Å². The van der Waals surface area contributed by atoms with Crippen LogP contribution in [0.15, 0.2) is 24.3 Å². The van der Waals surface area contributed by atoms with E-state index in [-0.39, 0.29) is 0 Å². The number of carbonyl (C=O) groups is 2. The number of carboxylic acids is 1. The quantitative estimate of drug-likeness (QED) is 0.791. The zero-order valence-corrected chi connectivity index (χ0v) is 11.1. The van der Waals surface area contributed by atoms with Gasteiger partial charge in [-0.1, -0.05) is 11.6 Å². The molecule has 19 heavy (non-hydrogen) atoms. The average molecular weight is 263 g/mol. The van der Waals surface area contributed by atoms with E-state index < -0.39 is 17.9 Å². The molecule has 1 aromatic carbocycles. The molecule has 0 saturated heterocycles. The van der Waals surface area contributed by atoms with E-state index in [9.17, 15) is 9.59 Å². The molecule has 0 unspecified atom stereocenters. The number of rotatable bonds is 5. The molecule has 1 amide bonds. The summed E-state index contributed by atoms with van der Waals surface area (Å²) in [5.41, 5.74) is 1.81. The van der Waals surface area contributed by atoms with Gasteiger partial charge in [-0.25, -0.2) is 0 Å². The van der Waals surface area contributed by atoms with Gasteiger partial charge in [0, 0.05) is 11.6 Å². The van der Waals surface area contributed by atoms with Crippen molar-refractivity contribution in [2.45, 2.75) is 19.9 Å². The van der Waals surface area contributed by atoms with Gasteiger partial charge in [-0.2, -0.15) is 0 Å². The lowest BCUT2D eigenvalue weighted by atomic mass is 10.1. The van der Waals surface area contributed by atoms with Crippen molar-refractivity contribution in [3.8, 4) is 5.75 Å². The van der Waals surface area contributed by atoms with E-state index in [4.69, 9.17) is 9.84 Å². The first-order chi connectivity index (χ1) is 8.93. The van der Waals surface area contributed by atoms with Crippen LogP contribution in [0.25, 0.3) is 6.08 Å².